The smallest absolute Gasteiger partial charge is 0.407 e. The van der Waals surface area contributed by atoms with Crippen molar-refractivity contribution < 1.29 is 9.53 Å². The van der Waals surface area contributed by atoms with Crippen LogP contribution in [0, 0.1) is 16.7 Å². The predicted molar refractivity (Wildman–Crippen MR) is 80.7 cm³/mol. The van der Waals surface area contributed by atoms with E-state index in [1.807, 2.05) is 20.8 Å². The van der Waals surface area contributed by atoms with E-state index in [-0.39, 0.29) is 12.1 Å². The Morgan fingerprint density at radius 2 is 2.05 bits per heavy atom. The van der Waals surface area contributed by atoms with E-state index in [9.17, 15) is 4.79 Å². The molecule has 0 heterocycles. The Kier molecular flexibility index (Phi) is 4.77. The topological polar surface area (TPSA) is 74.2 Å². The van der Waals surface area contributed by atoms with Crippen molar-refractivity contribution in [2.24, 2.45) is 5.41 Å². The molecule has 2 aliphatic rings. The molecule has 21 heavy (non-hydrogen) atoms. The summed E-state index contributed by atoms with van der Waals surface area (Å²) in [6.07, 6.45) is 5.94. The molecule has 1 spiro atoms. The molecule has 5 nitrogen and oxygen atoms in total. The van der Waals surface area contributed by atoms with Gasteiger partial charge in [-0.25, -0.2) is 4.79 Å². The SMILES string of the molecule is CC(C)(C)OC(=O)NC1CC12CCC(NCCC#N)CC2. The average Bonchev–Trinajstić information content (AvgIpc) is 3.02. The Labute approximate surface area is 127 Å². The van der Waals surface area contributed by atoms with Crippen molar-refractivity contribution in [3.05, 3.63) is 0 Å². The van der Waals surface area contributed by atoms with Gasteiger partial charge in [-0.1, -0.05) is 0 Å². The van der Waals surface area contributed by atoms with Crippen LogP contribution in [-0.4, -0.2) is 30.3 Å². The van der Waals surface area contributed by atoms with Crippen molar-refractivity contribution in [1.82, 2.24) is 10.6 Å². The van der Waals surface area contributed by atoms with Crippen LogP contribution in [0.1, 0.15) is 59.3 Å². The van der Waals surface area contributed by atoms with Gasteiger partial charge < -0.3 is 15.4 Å². The lowest BCUT2D eigenvalue weighted by molar-refractivity contribution is 0.0512. The molecular weight excluding hydrogens is 266 g/mol. The minimum absolute atomic E-state index is 0.285. The van der Waals surface area contributed by atoms with Crippen LogP contribution in [0.25, 0.3) is 0 Å². The number of hydrogen-bond donors (Lipinski definition) is 2. The number of alkyl carbamates (subject to hydrolysis) is 1. The van der Waals surface area contributed by atoms with Gasteiger partial charge in [0.1, 0.15) is 5.60 Å². The zero-order valence-electron chi connectivity index (χ0n) is 13.4. The molecule has 1 amide bonds. The molecule has 0 saturated heterocycles. The number of nitrogens with one attached hydrogen (secondary N) is 2. The molecule has 0 bridgehead atoms. The van der Waals surface area contributed by atoms with Gasteiger partial charge in [0.15, 0.2) is 0 Å². The van der Waals surface area contributed by atoms with Crippen molar-refractivity contribution in [3.8, 4) is 6.07 Å². The van der Waals surface area contributed by atoms with Gasteiger partial charge in [0.25, 0.3) is 0 Å². The highest BCUT2D eigenvalue weighted by atomic mass is 16.6. The van der Waals surface area contributed by atoms with E-state index in [1.165, 1.54) is 0 Å². The molecule has 0 aromatic heterocycles. The normalized spacial score (nSPS) is 31.5. The first-order valence-corrected chi connectivity index (χ1v) is 7.94. The van der Waals surface area contributed by atoms with E-state index in [1.54, 1.807) is 0 Å². The van der Waals surface area contributed by atoms with E-state index < -0.39 is 5.60 Å². The number of rotatable bonds is 4. The van der Waals surface area contributed by atoms with Gasteiger partial charge in [0.05, 0.1) is 6.07 Å². The largest absolute Gasteiger partial charge is 0.444 e. The van der Waals surface area contributed by atoms with Crippen LogP contribution in [0.5, 0.6) is 0 Å². The molecule has 0 radical (unpaired) electrons. The van der Waals surface area contributed by atoms with Crippen LogP contribution < -0.4 is 10.6 Å². The molecule has 0 aromatic carbocycles. The quantitative estimate of drug-likeness (QED) is 0.782. The number of ether oxygens (including phenoxy) is 1. The summed E-state index contributed by atoms with van der Waals surface area (Å²) in [5, 5.41) is 15.0. The lowest BCUT2D eigenvalue weighted by Crippen LogP contribution is -2.39. The van der Waals surface area contributed by atoms with Gasteiger partial charge >= 0.3 is 6.09 Å². The van der Waals surface area contributed by atoms with Crippen LogP contribution >= 0.6 is 0 Å². The fourth-order valence-electron chi connectivity index (χ4n) is 3.28. The molecule has 1 atom stereocenters. The summed E-state index contributed by atoms with van der Waals surface area (Å²) in [6.45, 7) is 6.43. The van der Waals surface area contributed by atoms with Crippen molar-refractivity contribution in [2.45, 2.75) is 77.0 Å². The number of nitrogens with zero attached hydrogens (tertiary/aromatic N) is 1. The van der Waals surface area contributed by atoms with Gasteiger partial charge in [-0.2, -0.15) is 5.26 Å². The Balaban J connectivity index is 1.69. The minimum Gasteiger partial charge on any atom is -0.444 e. The maximum atomic E-state index is 11.8. The van der Waals surface area contributed by atoms with Gasteiger partial charge in [-0.05, 0) is 58.3 Å². The number of amides is 1. The first-order valence-electron chi connectivity index (χ1n) is 7.94. The highest BCUT2D eigenvalue weighted by molar-refractivity contribution is 5.68. The third kappa shape index (κ3) is 4.60. The predicted octanol–water partition coefficient (Wildman–Crippen LogP) is 2.72. The molecule has 118 valence electrons. The van der Waals surface area contributed by atoms with Crippen molar-refractivity contribution in [2.75, 3.05) is 6.54 Å². The van der Waals surface area contributed by atoms with Crippen LogP contribution in [0.3, 0.4) is 0 Å². The summed E-state index contributed by atoms with van der Waals surface area (Å²) in [5.74, 6) is 0. The number of hydrogen-bond acceptors (Lipinski definition) is 4. The van der Waals surface area contributed by atoms with Crippen LogP contribution in [0.2, 0.25) is 0 Å². The third-order valence-electron chi connectivity index (χ3n) is 4.53. The van der Waals surface area contributed by atoms with Gasteiger partial charge in [-0.15, -0.1) is 0 Å². The molecule has 0 aliphatic heterocycles. The molecule has 2 aliphatic carbocycles. The second-order valence-electron chi connectivity index (χ2n) is 7.40. The molecule has 0 aromatic rings. The lowest BCUT2D eigenvalue weighted by atomic mass is 9.82. The van der Waals surface area contributed by atoms with Crippen molar-refractivity contribution in [1.29, 1.82) is 5.26 Å². The summed E-state index contributed by atoms with van der Waals surface area (Å²) < 4.78 is 5.32. The summed E-state index contributed by atoms with van der Waals surface area (Å²) in [6, 6.07) is 2.98. The van der Waals surface area contributed by atoms with E-state index in [0.717, 1.165) is 38.6 Å². The monoisotopic (exact) mass is 293 g/mol. The lowest BCUT2D eigenvalue weighted by Gasteiger charge is -2.30. The highest BCUT2D eigenvalue weighted by Crippen LogP contribution is 2.56. The average molecular weight is 293 g/mol. The van der Waals surface area contributed by atoms with Crippen LogP contribution in [0.4, 0.5) is 4.79 Å². The third-order valence-corrected chi connectivity index (χ3v) is 4.53. The minimum atomic E-state index is -0.436. The van der Waals surface area contributed by atoms with Crippen LogP contribution in [0.15, 0.2) is 0 Å². The molecule has 5 heteroatoms. The second-order valence-corrected chi connectivity index (χ2v) is 7.40. The number of nitriles is 1. The van der Waals surface area contributed by atoms with E-state index in [2.05, 4.69) is 16.7 Å². The molecule has 1 unspecified atom stereocenters. The van der Waals surface area contributed by atoms with Gasteiger partial charge in [0, 0.05) is 25.0 Å². The first kappa shape index (κ1) is 16.1. The first-order chi connectivity index (χ1) is 9.85. The molecular formula is C16H27N3O2. The van der Waals surface area contributed by atoms with Gasteiger partial charge in [-0.3, -0.25) is 0 Å². The molecule has 2 N–H and O–H groups in total. The molecule has 2 fully saturated rings. The summed E-state index contributed by atoms with van der Waals surface area (Å²) in [7, 11) is 0. The number of carbonyl (C=O) groups is 1. The van der Waals surface area contributed by atoms with Crippen LogP contribution in [-0.2, 0) is 4.74 Å². The fourth-order valence-corrected chi connectivity index (χ4v) is 3.28. The standard InChI is InChI=1S/C16H27N3O2/c1-15(2,3)21-14(20)19-13-11-16(13)7-5-12(6-8-16)18-10-4-9-17/h12-13,18H,4-8,10-11H2,1-3H3,(H,19,20). The molecule has 2 rings (SSSR count). The van der Waals surface area contributed by atoms with E-state index in [0.29, 0.717) is 17.9 Å². The zero-order valence-corrected chi connectivity index (χ0v) is 13.4. The maximum Gasteiger partial charge on any atom is 0.407 e. The fraction of sp³-hybridized carbons (Fsp3) is 0.875. The Morgan fingerprint density at radius 1 is 1.38 bits per heavy atom. The maximum absolute atomic E-state index is 11.8. The van der Waals surface area contributed by atoms with Crippen molar-refractivity contribution >= 4 is 6.09 Å². The van der Waals surface area contributed by atoms with Gasteiger partial charge in [0.2, 0.25) is 0 Å². The Hall–Kier alpha value is -1.28. The van der Waals surface area contributed by atoms with E-state index >= 15 is 0 Å². The second kappa shape index (κ2) is 6.23. The Bertz CT molecular complexity index is 414. The highest BCUT2D eigenvalue weighted by Gasteiger charge is 2.55. The summed E-state index contributed by atoms with van der Waals surface area (Å²) >= 11 is 0. The number of carbonyl (C=O) groups excluding carboxylic acids is 1. The summed E-state index contributed by atoms with van der Waals surface area (Å²) in [5.41, 5.74) is -0.126. The zero-order chi connectivity index (χ0) is 15.5. The van der Waals surface area contributed by atoms with Crippen molar-refractivity contribution in [3.63, 3.8) is 0 Å². The summed E-state index contributed by atoms with van der Waals surface area (Å²) in [4.78, 5) is 11.8. The molecule has 2 saturated carbocycles. The Morgan fingerprint density at radius 3 is 2.62 bits per heavy atom. The van der Waals surface area contributed by atoms with E-state index in [4.69, 9.17) is 10.00 Å².